The van der Waals surface area contributed by atoms with E-state index in [1.54, 1.807) is 7.11 Å². The van der Waals surface area contributed by atoms with E-state index in [0.717, 1.165) is 55.4 Å². The van der Waals surface area contributed by atoms with Crippen molar-refractivity contribution in [2.75, 3.05) is 45.2 Å². The summed E-state index contributed by atoms with van der Waals surface area (Å²) in [5.41, 5.74) is 3.08. The van der Waals surface area contributed by atoms with Crippen molar-refractivity contribution in [1.82, 2.24) is 9.80 Å². The lowest BCUT2D eigenvalue weighted by molar-refractivity contribution is -0.117. The number of amides is 1. The first-order valence-corrected chi connectivity index (χ1v) is 10.0. The van der Waals surface area contributed by atoms with E-state index in [-0.39, 0.29) is 5.91 Å². The molecule has 1 amide bonds. The van der Waals surface area contributed by atoms with Crippen LogP contribution in [0, 0.1) is 6.92 Å². The molecule has 5 nitrogen and oxygen atoms in total. The predicted octanol–water partition coefficient (Wildman–Crippen LogP) is 3.80. The Labute approximate surface area is 172 Å². The maximum Gasteiger partial charge on any atom is 0.238 e. The zero-order valence-corrected chi connectivity index (χ0v) is 17.3. The van der Waals surface area contributed by atoms with E-state index in [1.165, 1.54) is 5.56 Å². The normalized spacial score (nSPS) is 15.8. The number of nitrogens with one attached hydrogen (secondary N) is 1. The molecule has 1 heterocycles. The van der Waals surface area contributed by atoms with Crippen LogP contribution in [0.4, 0.5) is 5.69 Å². The van der Waals surface area contributed by atoms with E-state index < -0.39 is 0 Å². The van der Waals surface area contributed by atoms with Crippen molar-refractivity contribution >= 4 is 23.2 Å². The van der Waals surface area contributed by atoms with Crippen LogP contribution in [0.2, 0.25) is 5.02 Å². The monoisotopic (exact) mass is 401 g/mol. The third-order valence-electron chi connectivity index (χ3n) is 5.00. The van der Waals surface area contributed by atoms with Gasteiger partial charge in [-0.25, -0.2) is 0 Å². The molecule has 28 heavy (non-hydrogen) atoms. The molecule has 3 rings (SSSR count). The molecule has 0 unspecified atom stereocenters. The lowest BCUT2D eigenvalue weighted by Gasteiger charge is -2.22. The molecule has 1 N–H and O–H groups in total. The average molecular weight is 402 g/mol. The van der Waals surface area contributed by atoms with Crippen LogP contribution in [0.3, 0.4) is 0 Å². The minimum Gasteiger partial charge on any atom is -0.495 e. The van der Waals surface area contributed by atoms with Gasteiger partial charge < -0.3 is 10.1 Å². The highest BCUT2D eigenvalue weighted by Crippen LogP contribution is 2.25. The Morgan fingerprint density at radius 2 is 1.79 bits per heavy atom. The number of methoxy groups -OCH3 is 1. The Kier molecular flexibility index (Phi) is 7.31. The van der Waals surface area contributed by atoms with Crippen LogP contribution in [0.1, 0.15) is 17.5 Å². The fourth-order valence-electron chi connectivity index (χ4n) is 3.50. The number of carbonyl (C=O) groups excluding carboxylic acids is 1. The number of ether oxygens (including phenoxy) is 1. The molecule has 1 aliphatic rings. The molecular weight excluding hydrogens is 374 g/mol. The van der Waals surface area contributed by atoms with E-state index in [1.807, 2.05) is 37.3 Å². The van der Waals surface area contributed by atoms with E-state index in [0.29, 0.717) is 12.3 Å². The van der Waals surface area contributed by atoms with Gasteiger partial charge in [0.2, 0.25) is 5.91 Å². The molecule has 150 valence electrons. The summed E-state index contributed by atoms with van der Waals surface area (Å²) in [7, 11) is 1.62. The first-order valence-electron chi connectivity index (χ1n) is 9.67. The van der Waals surface area contributed by atoms with Gasteiger partial charge in [0.05, 0.1) is 19.3 Å². The van der Waals surface area contributed by atoms with Crippen molar-refractivity contribution < 1.29 is 9.53 Å². The van der Waals surface area contributed by atoms with Crippen LogP contribution in [-0.4, -0.2) is 55.5 Å². The summed E-state index contributed by atoms with van der Waals surface area (Å²) in [6, 6.07) is 13.8. The molecule has 0 bridgehead atoms. The number of anilines is 1. The number of carbonyl (C=O) groups is 1. The predicted molar refractivity (Wildman–Crippen MR) is 114 cm³/mol. The minimum atomic E-state index is -0.00458. The van der Waals surface area contributed by atoms with E-state index in [9.17, 15) is 4.79 Å². The van der Waals surface area contributed by atoms with Gasteiger partial charge >= 0.3 is 0 Å². The third-order valence-corrected chi connectivity index (χ3v) is 5.25. The number of rotatable bonds is 6. The molecule has 0 aliphatic carbocycles. The van der Waals surface area contributed by atoms with Crippen molar-refractivity contribution in [1.29, 1.82) is 0 Å². The van der Waals surface area contributed by atoms with E-state index in [4.69, 9.17) is 16.3 Å². The molecular formula is C22H28ClN3O2. The highest BCUT2D eigenvalue weighted by atomic mass is 35.5. The maximum absolute atomic E-state index is 12.5. The number of aryl methyl sites for hydroxylation is 1. The summed E-state index contributed by atoms with van der Waals surface area (Å²) < 4.78 is 5.35. The zero-order valence-electron chi connectivity index (χ0n) is 16.6. The lowest BCUT2D eigenvalue weighted by Crippen LogP contribution is -2.36. The van der Waals surface area contributed by atoms with Crippen LogP contribution in [0.5, 0.6) is 5.75 Å². The number of halogens is 1. The van der Waals surface area contributed by atoms with Crippen LogP contribution in [-0.2, 0) is 11.3 Å². The highest BCUT2D eigenvalue weighted by molar-refractivity contribution is 6.30. The SMILES string of the molecule is COc1ccc(C)cc1NC(=O)CN1CCCN(Cc2ccc(Cl)cc2)CC1. The number of benzene rings is 2. The summed E-state index contributed by atoms with van der Waals surface area (Å²) in [5.74, 6) is 0.680. The third kappa shape index (κ3) is 5.96. The molecule has 1 fully saturated rings. The Hall–Kier alpha value is -2.08. The summed E-state index contributed by atoms with van der Waals surface area (Å²) in [4.78, 5) is 17.2. The topological polar surface area (TPSA) is 44.8 Å². The van der Waals surface area contributed by atoms with Gasteiger partial charge in [-0.3, -0.25) is 14.6 Å². The fraction of sp³-hybridized carbons (Fsp3) is 0.409. The summed E-state index contributed by atoms with van der Waals surface area (Å²) >= 11 is 5.97. The van der Waals surface area contributed by atoms with Crippen molar-refractivity contribution in [3.8, 4) is 5.75 Å². The smallest absolute Gasteiger partial charge is 0.238 e. The summed E-state index contributed by atoms with van der Waals surface area (Å²) in [6.07, 6.45) is 1.05. The van der Waals surface area contributed by atoms with E-state index in [2.05, 4.69) is 27.2 Å². The molecule has 2 aromatic carbocycles. The summed E-state index contributed by atoms with van der Waals surface area (Å²) in [5, 5.41) is 3.76. The first-order chi connectivity index (χ1) is 13.5. The van der Waals surface area contributed by atoms with Crippen molar-refractivity contribution in [2.24, 2.45) is 0 Å². The van der Waals surface area contributed by atoms with Crippen LogP contribution in [0.25, 0.3) is 0 Å². The molecule has 1 saturated heterocycles. The molecule has 0 spiro atoms. The molecule has 0 atom stereocenters. The van der Waals surface area contributed by atoms with Crippen LogP contribution >= 0.6 is 11.6 Å². The van der Waals surface area contributed by atoms with Crippen molar-refractivity contribution in [2.45, 2.75) is 19.9 Å². The Balaban J connectivity index is 1.51. The van der Waals surface area contributed by atoms with Gasteiger partial charge in [0.15, 0.2) is 0 Å². The van der Waals surface area contributed by atoms with Crippen LogP contribution in [0.15, 0.2) is 42.5 Å². The van der Waals surface area contributed by atoms with Gasteiger partial charge in [-0.2, -0.15) is 0 Å². The Morgan fingerprint density at radius 3 is 2.54 bits per heavy atom. The van der Waals surface area contributed by atoms with Gasteiger partial charge in [-0.05, 0) is 61.8 Å². The first kappa shape index (κ1) is 20.6. The number of hydrogen-bond acceptors (Lipinski definition) is 4. The molecule has 0 radical (unpaired) electrons. The molecule has 0 aromatic heterocycles. The molecule has 1 aliphatic heterocycles. The highest BCUT2D eigenvalue weighted by Gasteiger charge is 2.18. The molecule has 6 heteroatoms. The second-order valence-corrected chi connectivity index (χ2v) is 7.72. The second-order valence-electron chi connectivity index (χ2n) is 7.28. The number of hydrogen-bond donors (Lipinski definition) is 1. The lowest BCUT2D eigenvalue weighted by atomic mass is 10.2. The molecule has 2 aromatic rings. The van der Waals surface area contributed by atoms with Crippen molar-refractivity contribution in [3.63, 3.8) is 0 Å². The Bertz CT molecular complexity index is 795. The van der Waals surface area contributed by atoms with E-state index >= 15 is 0 Å². The zero-order chi connectivity index (χ0) is 19.9. The largest absolute Gasteiger partial charge is 0.495 e. The van der Waals surface area contributed by atoms with Gasteiger partial charge in [0.1, 0.15) is 5.75 Å². The van der Waals surface area contributed by atoms with Gasteiger partial charge in [-0.15, -0.1) is 0 Å². The maximum atomic E-state index is 12.5. The van der Waals surface area contributed by atoms with Crippen molar-refractivity contribution in [3.05, 3.63) is 58.6 Å². The Morgan fingerprint density at radius 1 is 1.07 bits per heavy atom. The van der Waals surface area contributed by atoms with Gasteiger partial charge in [-0.1, -0.05) is 29.8 Å². The quantitative estimate of drug-likeness (QED) is 0.799. The summed E-state index contributed by atoms with van der Waals surface area (Å²) in [6.45, 7) is 7.10. The molecule has 0 saturated carbocycles. The fourth-order valence-corrected chi connectivity index (χ4v) is 3.63. The second kappa shape index (κ2) is 9.92. The average Bonchev–Trinajstić information content (AvgIpc) is 2.89. The van der Waals surface area contributed by atoms with Crippen LogP contribution < -0.4 is 10.1 Å². The standard InChI is InChI=1S/C22H28ClN3O2/c1-17-4-9-21(28-2)20(14-17)24-22(27)16-26-11-3-10-25(12-13-26)15-18-5-7-19(23)8-6-18/h4-9,14H,3,10-13,15-16H2,1-2H3,(H,24,27). The van der Waals surface area contributed by atoms with Gasteiger partial charge in [0.25, 0.3) is 0 Å². The minimum absolute atomic E-state index is 0.00458. The number of nitrogens with zero attached hydrogens (tertiary/aromatic N) is 2. The van der Waals surface area contributed by atoms with Gasteiger partial charge in [0, 0.05) is 24.7 Å².